The van der Waals surface area contributed by atoms with Crippen LogP contribution in [0.5, 0.6) is 0 Å². The lowest BCUT2D eigenvalue weighted by Gasteiger charge is -2.04. The quantitative estimate of drug-likeness (QED) is 0.501. The van der Waals surface area contributed by atoms with Crippen LogP contribution in [0.25, 0.3) is 0 Å². The van der Waals surface area contributed by atoms with E-state index in [9.17, 15) is 14.7 Å². The summed E-state index contributed by atoms with van der Waals surface area (Å²) in [5.41, 5.74) is 0.751. The summed E-state index contributed by atoms with van der Waals surface area (Å²) in [5, 5.41) is 19.9. The van der Waals surface area contributed by atoms with Gasteiger partial charge in [0, 0.05) is 18.1 Å². The van der Waals surface area contributed by atoms with Gasteiger partial charge in [-0.3, -0.25) is 4.79 Å². The number of carbonyl (C=O) groups is 2. The molecule has 1 saturated heterocycles. The fraction of sp³-hybridized carbons (Fsp3) is 0.500. The minimum absolute atomic E-state index is 0.315. The van der Waals surface area contributed by atoms with Gasteiger partial charge in [0.25, 0.3) is 0 Å². The van der Waals surface area contributed by atoms with Crippen molar-refractivity contribution in [3.63, 3.8) is 0 Å². The first-order chi connectivity index (χ1) is 6.99. The average Bonchev–Trinajstić information content (AvgIpc) is 2.43. The summed E-state index contributed by atoms with van der Waals surface area (Å²) in [5.74, 6) is -1.62. The Bertz CT molecular complexity index is 347. The molecule has 0 aromatic heterocycles. The third-order valence-electron chi connectivity index (χ3n) is 1.47. The number of nitrogens with zero attached hydrogens (tertiary/aromatic N) is 2. The van der Waals surface area contributed by atoms with E-state index in [2.05, 4.69) is 15.5 Å². The normalized spacial score (nSPS) is 22.7. The van der Waals surface area contributed by atoms with Crippen LogP contribution in [0, 0.1) is 0 Å². The van der Waals surface area contributed by atoms with Gasteiger partial charge in [-0.2, -0.15) is 5.10 Å². The maximum atomic E-state index is 11.2. The van der Waals surface area contributed by atoms with Crippen molar-refractivity contribution in [3.8, 4) is 0 Å². The molecular formula is C8H10N3O3S-. The molecule has 0 spiro atoms. The zero-order valence-corrected chi connectivity index (χ0v) is 9.13. The fourth-order valence-electron chi connectivity index (χ4n) is 0.883. The van der Waals surface area contributed by atoms with Gasteiger partial charge in [-0.1, -0.05) is 11.8 Å². The summed E-state index contributed by atoms with van der Waals surface area (Å²) in [6.45, 7) is 3.54. The molecule has 0 aromatic carbocycles. The predicted octanol–water partition coefficient (Wildman–Crippen LogP) is -0.890. The Labute approximate surface area is 90.8 Å². The molecule has 0 saturated carbocycles. The number of rotatable bonds is 3. The third kappa shape index (κ3) is 3.70. The van der Waals surface area contributed by atoms with Gasteiger partial charge >= 0.3 is 0 Å². The van der Waals surface area contributed by atoms with E-state index < -0.39 is 11.2 Å². The number of thioether (sulfide) groups is 1. The van der Waals surface area contributed by atoms with E-state index in [1.54, 1.807) is 13.8 Å². The van der Waals surface area contributed by atoms with Crippen molar-refractivity contribution in [3.05, 3.63) is 0 Å². The van der Waals surface area contributed by atoms with Crippen LogP contribution >= 0.6 is 11.8 Å². The number of nitrogens with one attached hydrogen (secondary N) is 1. The van der Waals surface area contributed by atoms with Crippen molar-refractivity contribution in [2.75, 3.05) is 0 Å². The summed E-state index contributed by atoms with van der Waals surface area (Å²) in [7, 11) is 0. The standard InChI is InChI=1S/C8H11N3O3S/c1-4(2)10-11-8-9-7(14)5(15-8)3-6(12)13/h5H,3H2,1-2H3,(H,12,13)(H,9,11,14)/p-1/t5-/m1/s1. The van der Waals surface area contributed by atoms with E-state index in [1.165, 1.54) is 0 Å². The molecule has 82 valence electrons. The number of amides is 1. The average molecular weight is 228 g/mol. The molecule has 7 heteroatoms. The van der Waals surface area contributed by atoms with Gasteiger partial charge in [0.1, 0.15) is 0 Å². The Morgan fingerprint density at radius 1 is 1.60 bits per heavy atom. The van der Waals surface area contributed by atoms with Gasteiger partial charge in [0.15, 0.2) is 5.17 Å². The molecule has 0 unspecified atom stereocenters. The Morgan fingerprint density at radius 3 is 2.80 bits per heavy atom. The zero-order chi connectivity index (χ0) is 11.4. The molecule has 1 N–H and O–H groups in total. The lowest BCUT2D eigenvalue weighted by atomic mass is 10.3. The van der Waals surface area contributed by atoms with E-state index in [0.29, 0.717) is 5.17 Å². The second-order valence-corrected chi connectivity index (χ2v) is 4.32. The largest absolute Gasteiger partial charge is 0.550 e. The van der Waals surface area contributed by atoms with Crippen molar-refractivity contribution >= 4 is 34.5 Å². The smallest absolute Gasteiger partial charge is 0.239 e. The summed E-state index contributed by atoms with van der Waals surface area (Å²) in [6, 6.07) is 0. The Hall–Kier alpha value is -1.37. The zero-order valence-electron chi connectivity index (χ0n) is 8.31. The predicted molar refractivity (Wildman–Crippen MR) is 55.4 cm³/mol. The number of carbonyl (C=O) groups excluding carboxylic acids is 2. The molecule has 0 bridgehead atoms. The van der Waals surface area contributed by atoms with Crippen LogP contribution in [0.1, 0.15) is 20.3 Å². The second-order valence-electron chi connectivity index (χ2n) is 3.12. The second kappa shape index (κ2) is 4.92. The van der Waals surface area contributed by atoms with Crippen molar-refractivity contribution < 1.29 is 14.7 Å². The van der Waals surface area contributed by atoms with Crippen LogP contribution in [0.15, 0.2) is 10.2 Å². The molecule has 1 heterocycles. The van der Waals surface area contributed by atoms with Crippen LogP contribution in [-0.2, 0) is 9.59 Å². The number of hydrogen-bond acceptors (Lipinski definition) is 6. The van der Waals surface area contributed by atoms with Crippen LogP contribution in [0.2, 0.25) is 0 Å². The number of amidine groups is 1. The molecule has 6 nitrogen and oxygen atoms in total. The highest BCUT2D eigenvalue weighted by molar-refractivity contribution is 8.15. The first-order valence-corrected chi connectivity index (χ1v) is 5.13. The van der Waals surface area contributed by atoms with E-state index in [1.807, 2.05) is 0 Å². The molecule has 1 rings (SSSR count). The van der Waals surface area contributed by atoms with Crippen molar-refractivity contribution in [1.29, 1.82) is 0 Å². The van der Waals surface area contributed by atoms with Crippen LogP contribution < -0.4 is 10.4 Å². The Kier molecular flexibility index (Phi) is 3.84. The molecular weight excluding hydrogens is 218 g/mol. The molecule has 1 aliphatic heterocycles. The van der Waals surface area contributed by atoms with Crippen LogP contribution in [0.4, 0.5) is 0 Å². The molecule has 1 atom stereocenters. The molecule has 0 radical (unpaired) electrons. The van der Waals surface area contributed by atoms with Gasteiger partial charge < -0.3 is 15.2 Å². The van der Waals surface area contributed by atoms with Gasteiger partial charge in [-0.15, -0.1) is 5.10 Å². The van der Waals surface area contributed by atoms with E-state index >= 15 is 0 Å². The van der Waals surface area contributed by atoms with Gasteiger partial charge in [0.05, 0.1) is 5.25 Å². The molecule has 0 aromatic rings. The van der Waals surface area contributed by atoms with Gasteiger partial charge in [-0.25, -0.2) is 0 Å². The maximum Gasteiger partial charge on any atom is 0.239 e. The number of hydrogen-bond donors (Lipinski definition) is 1. The number of carboxylic acid groups (broad SMARTS) is 1. The molecule has 1 fully saturated rings. The minimum atomic E-state index is -1.25. The lowest BCUT2D eigenvalue weighted by molar-refractivity contribution is -0.305. The first-order valence-electron chi connectivity index (χ1n) is 4.25. The van der Waals surface area contributed by atoms with E-state index in [-0.39, 0.29) is 12.3 Å². The van der Waals surface area contributed by atoms with Crippen LogP contribution in [0.3, 0.4) is 0 Å². The molecule has 15 heavy (non-hydrogen) atoms. The van der Waals surface area contributed by atoms with Crippen molar-refractivity contribution in [1.82, 2.24) is 5.32 Å². The van der Waals surface area contributed by atoms with Gasteiger partial charge in [-0.05, 0) is 13.8 Å². The van der Waals surface area contributed by atoms with Crippen molar-refractivity contribution in [2.45, 2.75) is 25.5 Å². The highest BCUT2D eigenvalue weighted by Gasteiger charge is 2.30. The summed E-state index contributed by atoms with van der Waals surface area (Å²) < 4.78 is 0. The SMILES string of the molecule is CC(C)=N/N=C1/NC(=O)[C@@H](CC(=O)[O-])S1. The lowest BCUT2D eigenvalue weighted by Crippen LogP contribution is -2.31. The molecule has 0 aliphatic carbocycles. The monoisotopic (exact) mass is 228 g/mol. The number of carboxylic acids is 1. The highest BCUT2D eigenvalue weighted by Crippen LogP contribution is 2.21. The Balaban J connectivity index is 2.63. The fourth-order valence-corrected chi connectivity index (χ4v) is 1.79. The maximum absolute atomic E-state index is 11.2. The summed E-state index contributed by atoms with van der Waals surface area (Å²) in [4.78, 5) is 21.5. The third-order valence-corrected chi connectivity index (χ3v) is 2.54. The van der Waals surface area contributed by atoms with Gasteiger partial charge in [0.2, 0.25) is 5.91 Å². The van der Waals surface area contributed by atoms with E-state index in [4.69, 9.17) is 0 Å². The van der Waals surface area contributed by atoms with Crippen molar-refractivity contribution in [2.24, 2.45) is 10.2 Å². The molecule has 1 aliphatic rings. The van der Waals surface area contributed by atoms with E-state index in [0.717, 1.165) is 17.5 Å². The number of aliphatic carboxylic acids is 1. The Morgan fingerprint density at radius 2 is 2.27 bits per heavy atom. The topological polar surface area (TPSA) is 94.0 Å². The minimum Gasteiger partial charge on any atom is -0.550 e. The summed E-state index contributed by atoms with van der Waals surface area (Å²) >= 11 is 1.05. The highest BCUT2D eigenvalue weighted by atomic mass is 32.2. The summed E-state index contributed by atoms with van der Waals surface area (Å²) in [6.07, 6.45) is -0.315. The van der Waals surface area contributed by atoms with Crippen LogP contribution in [-0.4, -0.2) is 28.0 Å². The first kappa shape index (κ1) is 11.7. The molecule has 1 amide bonds.